The number of primary amides is 1. The van der Waals surface area contributed by atoms with Crippen molar-refractivity contribution in [3.05, 3.63) is 65.5 Å². The summed E-state index contributed by atoms with van der Waals surface area (Å²) in [5.74, 6) is -0.459. The highest BCUT2D eigenvalue weighted by Crippen LogP contribution is 2.18. The van der Waals surface area contributed by atoms with Crippen LogP contribution in [-0.2, 0) is 0 Å². The normalized spacial score (nSPS) is 11.3. The molecule has 2 aromatic rings. The van der Waals surface area contributed by atoms with Crippen LogP contribution >= 0.6 is 0 Å². The molecule has 0 saturated carbocycles. The van der Waals surface area contributed by atoms with E-state index in [1.54, 1.807) is 18.3 Å². The Kier molecular flexibility index (Phi) is 3.53. The van der Waals surface area contributed by atoms with E-state index in [9.17, 15) is 4.79 Å². The number of carbonyl (C=O) groups excluding carboxylic acids is 1. The first-order valence-electron chi connectivity index (χ1n) is 5.67. The van der Waals surface area contributed by atoms with E-state index in [1.807, 2.05) is 43.3 Å². The van der Waals surface area contributed by atoms with Gasteiger partial charge in [0.25, 0.3) is 5.91 Å². The number of carbonyl (C=O) groups is 1. The lowest BCUT2D eigenvalue weighted by atomic mass is 10.0. The van der Waals surface area contributed by atoms with Crippen molar-refractivity contribution in [2.75, 3.05) is 0 Å². The van der Waals surface area contributed by atoms with Gasteiger partial charge >= 0.3 is 0 Å². The van der Waals surface area contributed by atoms with Gasteiger partial charge in [0, 0.05) is 6.20 Å². The molecule has 0 bridgehead atoms. The van der Waals surface area contributed by atoms with Crippen molar-refractivity contribution in [2.24, 2.45) is 5.73 Å². The lowest BCUT2D eigenvalue weighted by molar-refractivity contribution is 0.0999. The monoisotopic (exact) mass is 238 g/mol. The summed E-state index contributed by atoms with van der Waals surface area (Å²) in [5.41, 5.74) is 8.40. The molecule has 0 fully saturated rings. The first-order valence-corrected chi connectivity index (χ1v) is 5.67. The van der Waals surface area contributed by atoms with Crippen LogP contribution < -0.4 is 5.73 Å². The van der Waals surface area contributed by atoms with E-state index >= 15 is 0 Å². The van der Waals surface area contributed by atoms with Crippen LogP contribution in [0.1, 0.15) is 28.5 Å². The van der Waals surface area contributed by atoms with Gasteiger partial charge in [-0.3, -0.25) is 9.78 Å². The number of nitrogens with zero attached hydrogens (tertiary/aromatic N) is 1. The molecule has 0 spiro atoms. The Hall–Kier alpha value is -2.42. The number of aromatic nitrogens is 1. The number of rotatable bonds is 3. The molecule has 2 N–H and O–H groups in total. The molecule has 0 aliphatic carbocycles. The van der Waals surface area contributed by atoms with Gasteiger partial charge in [-0.15, -0.1) is 0 Å². The predicted octanol–water partition coefficient (Wildman–Crippen LogP) is 2.74. The minimum atomic E-state index is -0.459. The number of nitrogens with two attached hydrogens (primary N) is 1. The molecular weight excluding hydrogens is 224 g/mol. The fourth-order valence-electron chi connectivity index (χ4n) is 1.79. The van der Waals surface area contributed by atoms with Crippen LogP contribution in [-0.4, -0.2) is 10.9 Å². The molecule has 90 valence electrons. The summed E-state index contributed by atoms with van der Waals surface area (Å²) in [4.78, 5) is 15.6. The van der Waals surface area contributed by atoms with E-state index in [-0.39, 0.29) is 0 Å². The maximum atomic E-state index is 11.3. The van der Waals surface area contributed by atoms with Gasteiger partial charge in [-0.05, 0) is 36.3 Å². The molecule has 0 aliphatic rings. The lowest BCUT2D eigenvalue weighted by Crippen LogP contribution is -2.14. The van der Waals surface area contributed by atoms with Gasteiger partial charge in [-0.2, -0.15) is 0 Å². The van der Waals surface area contributed by atoms with Crippen molar-refractivity contribution in [1.82, 2.24) is 4.98 Å². The number of allylic oxidation sites excluding steroid dienone is 1. The van der Waals surface area contributed by atoms with Crippen LogP contribution in [0.5, 0.6) is 0 Å². The van der Waals surface area contributed by atoms with Gasteiger partial charge in [0.2, 0.25) is 0 Å². The molecule has 1 aromatic heterocycles. The van der Waals surface area contributed by atoms with Crippen molar-refractivity contribution in [3.63, 3.8) is 0 Å². The molecule has 0 aliphatic heterocycles. The second-order valence-corrected chi connectivity index (χ2v) is 4.00. The molecule has 3 nitrogen and oxygen atoms in total. The number of amides is 1. The average Bonchev–Trinajstić information content (AvgIpc) is 2.40. The fourth-order valence-corrected chi connectivity index (χ4v) is 1.79. The molecule has 18 heavy (non-hydrogen) atoms. The van der Waals surface area contributed by atoms with Crippen LogP contribution in [0.25, 0.3) is 11.6 Å². The predicted molar refractivity (Wildman–Crippen MR) is 72.7 cm³/mol. The quantitative estimate of drug-likeness (QED) is 0.893. The van der Waals surface area contributed by atoms with Gasteiger partial charge < -0.3 is 5.73 Å². The third kappa shape index (κ3) is 2.63. The smallest absolute Gasteiger partial charge is 0.250 e. The van der Waals surface area contributed by atoms with E-state index < -0.39 is 5.91 Å². The molecule has 2 rings (SSSR count). The SMILES string of the molecule is CC(=Cc1ccccc1)c1ncccc1C(N)=O. The second kappa shape index (κ2) is 5.27. The summed E-state index contributed by atoms with van der Waals surface area (Å²) in [7, 11) is 0. The van der Waals surface area contributed by atoms with Gasteiger partial charge in [-0.25, -0.2) is 0 Å². The van der Waals surface area contributed by atoms with Crippen LogP contribution in [0.2, 0.25) is 0 Å². The molecule has 1 amide bonds. The maximum absolute atomic E-state index is 11.3. The highest BCUT2D eigenvalue weighted by molar-refractivity contribution is 5.98. The molecule has 0 saturated heterocycles. The zero-order valence-electron chi connectivity index (χ0n) is 10.1. The number of benzene rings is 1. The minimum Gasteiger partial charge on any atom is -0.366 e. The maximum Gasteiger partial charge on any atom is 0.250 e. The van der Waals surface area contributed by atoms with Crippen molar-refractivity contribution in [2.45, 2.75) is 6.92 Å². The number of hydrogen-bond donors (Lipinski definition) is 1. The summed E-state index contributed by atoms with van der Waals surface area (Å²) in [6.45, 7) is 1.92. The van der Waals surface area contributed by atoms with E-state index in [1.165, 1.54) is 0 Å². The second-order valence-electron chi connectivity index (χ2n) is 4.00. The Labute approximate surface area is 106 Å². The minimum absolute atomic E-state index is 0.446. The van der Waals surface area contributed by atoms with E-state index in [4.69, 9.17) is 5.73 Å². The summed E-state index contributed by atoms with van der Waals surface area (Å²) < 4.78 is 0. The Morgan fingerprint density at radius 1 is 1.17 bits per heavy atom. The fraction of sp³-hybridized carbons (Fsp3) is 0.0667. The molecule has 1 heterocycles. The summed E-state index contributed by atoms with van der Waals surface area (Å²) >= 11 is 0. The van der Waals surface area contributed by atoms with E-state index in [2.05, 4.69) is 4.98 Å². The molecule has 0 atom stereocenters. The Bertz CT molecular complexity index is 588. The van der Waals surface area contributed by atoms with Crippen LogP contribution in [0.4, 0.5) is 0 Å². The van der Waals surface area contributed by atoms with Gasteiger partial charge in [0.05, 0.1) is 11.3 Å². The molecule has 1 aromatic carbocycles. The molecule has 3 heteroatoms. The zero-order chi connectivity index (χ0) is 13.0. The Balaban J connectivity index is 2.43. The van der Waals surface area contributed by atoms with Crippen LogP contribution in [0, 0.1) is 0 Å². The summed E-state index contributed by atoms with van der Waals surface area (Å²) in [6.07, 6.45) is 3.64. The highest BCUT2D eigenvalue weighted by atomic mass is 16.1. The van der Waals surface area contributed by atoms with Crippen molar-refractivity contribution in [1.29, 1.82) is 0 Å². The van der Waals surface area contributed by atoms with Crippen LogP contribution in [0.15, 0.2) is 48.7 Å². The zero-order valence-corrected chi connectivity index (χ0v) is 10.1. The number of pyridine rings is 1. The van der Waals surface area contributed by atoms with Crippen LogP contribution in [0.3, 0.4) is 0 Å². The summed E-state index contributed by atoms with van der Waals surface area (Å²) in [5, 5.41) is 0. The van der Waals surface area contributed by atoms with Gasteiger partial charge in [-0.1, -0.05) is 30.3 Å². The first kappa shape index (κ1) is 12.0. The summed E-state index contributed by atoms with van der Waals surface area (Å²) in [6, 6.07) is 13.3. The standard InChI is InChI=1S/C15H14N2O/c1-11(10-12-6-3-2-4-7-12)14-13(15(16)18)8-5-9-17-14/h2-10H,1H3,(H2,16,18). The average molecular weight is 238 g/mol. The Morgan fingerprint density at radius 2 is 1.89 bits per heavy atom. The topological polar surface area (TPSA) is 56.0 Å². The van der Waals surface area contributed by atoms with Gasteiger partial charge in [0.1, 0.15) is 0 Å². The first-order chi connectivity index (χ1) is 8.68. The van der Waals surface area contributed by atoms with Crippen molar-refractivity contribution in [3.8, 4) is 0 Å². The van der Waals surface area contributed by atoms with Crippen molar-refractivity contribution >= 4 is 17.6 Å². The third-order valence-electron chi connectivity index (χ3n) is 2.63. The number of hydrogen-bond acceptors (Lipinski definition) is 2. The van der Waals surface area contributed by atoms with E-state index in [0.29, 0.717) is 11.3 Å². The van der Waals surface area contributed by atoms with Crippen molar-refractivity contribution < 1.29 is 4.79 Å². The van der Waals surface area contributed by atoms with Gasteiger partial charge in [0.15, 0.2) is 0 Å². The Morgan fingerprint density at radius 3 is 2.56 bits per heavy atom. The highest BCUT2D eigenvalue weighted by Gasteiger charge is 2.09. The van der Waals surface area contributed by atoms with E-state index in [0.717, 1.165) is 11.1 Å². The third-order valence-corrected chi connectivity index (χ3v) is 2.63. The molecule has 0 radical (unpaired) electrons. The molecular formula is C15H14N2O. The lowest BCUT2D eigenvalue weighted by Gasteiger charge is -2.05. The molecule has 0 unspecified atom stereocenters. The largest absolute Gasteiger partial charge is 0.366 e.